The van der Waals surface area contributed by atoms with Gasteiger partial charge in [-0.3, -0.25) is 0 Å². The van der Waals surface area contributed by atoms with E-state index in [0.29, 0.717) is 22.7 Å². The van der Waals surface area contributed by atoms with Crippen molar-refractivity contribution in [3.63, 3.8) is 0 Å². The SMILES string of the molecule is COc1ccc(CNC(CCO)C(C)C)cc1Cl. The highest BCUT2D eigenvalue weighted by Gasteiger charge is 2.12. The fourth-order valence-electron chi connectivity index (χ4n) is 1.88. The minimum Gasteiger partial charge on any atom is -0.495 e. The quantitative estimate of drug-likeness (QED) is 0.801. The van der Waals surface area contributed by atoms with Gasteiger partial charge in [-0.2, -0.15) is 0 Å². The predicted molar refractivity (Wildman–Crippen MR) is 75.2 cm³/mol. The Hall–Kier alpha value is -0.770. The summed E-state index contributed by atoms with van der Waals surface area (Å²) in [6, 6.07) is 6.09. The number of nitrogens with one attached hydrogen (secondary N) is 1. The van der Waals surface area contributed by atoms with Gasteiger partial charge in [-0.25, -0.2) is 0 Å². The maximum atomic E-state index is 9.02. The number of aliphatic hydroxyl groups is 1. The van der Waals surface area contributed by atoms with Gasteiger partial charge in [0.2, 0.25) is 0 Å². The Labute approximate surface area is 114 Å². The summed E-state index contributed by atoms with van der Waals surface area (Å²) in [6.07, 6.45) is 0.765. The molecule has 102 valence electrons. The number of halogens is 1. The maximum absolute atomic E-state index is 9.02. The molecule has 1 unspecified atom stereocenters. The van der Waals surface area contributed by atoms with Crippen molar-refractivity contribution >= 4 is 11.6 Å². The second kappa shape index (κ2) is 7.62. The molecule has 18 heavy (non-hydrogen) atoms. The van der Waals surface area contributed by atoms with Gasteiger partial charge >= 0.3 is 0 Å². The molecule has 0 aliphatic heterocycles. The summed E-state index contributed by atoms with van der Waals surface area (Å²) in [7, 11) is 1.61. The topological polar surface area (TPSA) is 41.5 Å². The first kappa shape index (κ1) is 15.3. The van der Waals surface area contributed by atoms with Gasteiger partial charge < -0.3 is 15.2 Å². The highest BCUT2D eigenvalue weighted by molar-refractivity contribution is 6.32. The molecule has 2 N–H and O–H groups in total. The number of hydrogen-bond acceptors (Lipinski definition) is 3. The molecule has 1 aromatic rings. The van der Waals surface area contributed by atoms with Crippen LogP contribution in [0.4, 0.5) is 0 Å². The van der Waals surface area contributed by atoms with Gasteiger partial charge in [0.25, 0.3) is 0 Å². The number of benzene rings is 1. The first-order valence-electron chi connectivity index (χ1n) is 6.25. The Morgan fingerprint density at radius 3 is 2.61 bits per heavy atom. The Balaban J connectivity index is 2.59. The largest absolute Gasteiger partial charge is 0.495 e. The molecule has 0 saturated heterocycles. The molecule has 0 heterocycles. The van der Waals surface area contributed by atoms with Gasteiger partial charge in [0.1, 0.15) is 5.75 Å². The minimum absolute atomic E-state index is 0.208. The fraction of sp³-hybridized carbons (Fsp3) is 0.571. The average Bonchev–Trinajstić information content (AvgIpc) is 2.34. The van der Waals surface area contributed by atoms with Crippen molar-refractivity contribution in [1.82, 2.24) is 5.32 Å². The van der Waals surface area contributed by atoms with E-state index in [1.807, 2.05) is 18.2 Å². The van der Waals surface area contributed by atoms with Crippen molar-refractivity contribution in [2.24, 2.45) is 5.92 Å². The summed E-state index contributed by atoms with van der Waals surface area (Å²) in [5, 5.41) is 13.1. The smallest absolute Gasteiger partial charge is 0.137 e. The molecule has 0 aliphatic rings. The molecule has 1 aromatic carbocycles. The molecular formula is C14H22ClNO2. The third kappa shape index (κ3) is 4.48. The van der Waals surface area contributed by atoms with Crippen LogP contribution < -0.4 is 10.1 Å². The van der Waals surface area contributed by atoms with Crippen molar-refractivity contribution in [2.75, 3.05) is 13.7 Å². The van der Waals surface area contributed by atoms with Crippen molar-refractivity contribution < 1.29 is 9.84 Å². The van der Waals surface area contributed by atoms with E-state index in [9.17, 15) is 0 Å². The molecule has 0 bridgehead atoms. The lowest BCUT2D eigenvalue weighted by Gasteiger charge is -2.21. The summed E-state index contributed by atoms with van der Waals surface area (Å²) < 4.78 is 5.12. The highest BCUT2D eigenvalue weighted by Crippen LogP contribution is 2.24. The second-order valence-electron chi connectivity index (χ2n) is 4.71. The predicted octanol–water partition coefficient (Wildman–Crippen LogP) is 2.85. The summed E-state index contributed by atoms with van der Waals surface area (Å²) in [4.78, 5) is 0. The second-order valence-corrected chi connectivity index (χ2v) is 5.12. The molecule has 0 saturated carbocycles. The zero-order valence-corrected chi connectivity index (χ0v) is 12.0. The van der Waals surface area contributed by atoms with Crippen LogP contribution in [0, 0.1) is 5.92 Å². The number of methoxy groups -OCH3 is 1. The molecular weight excluding hydrogens is 250 g/mol. The van der Waals surface area contributed by atoms with Crippen LogP contribution in [0.5, 0.6) is 5.75 Å². The molecule has 0 amide bonds. The van der Waals surface area contributed by atoms with Crippen molar-refractivity contribution in [2.45, 2.75) is 32.9 Å². The summed E-state index contributed by atoms with van der Waals surface area (Å²) >= 11 is 6.08. The zero-order chi connectivity index (χ0) is 13.5. The van der Waals surface area contributed by atoms with Crippen LogP contribution in [0.25, 0.3) is 0 Å². The Morgan fingerprint density at radius 2 is 2.11 bits per heavy atom. The van der Waals surface area contributed by atoms with Crippen molar-refractivity contribution in [1.29, 1.82) is 0 Å². The molecule has 0 spiro atoms. The molecule has 0 aromatic heterocycles. The first-order valence-corrected chi connectivity index (χ1v) is 6.63. The van der Waals surface area contributed by atoms with Crippen molar-refractivity contribution in [3.05, 3.63) is 28.8 Å². The summed E-state index contributed by atoms with van der Waals surface area (Å²) in [5.41, 5.74) is 1.12. The van der Waals surface area contributed by atoms with Gasteiger partial charge in [-0.1, -0.05) is 31.5 Å². The van der Waals surface area contributed by atoms with E-state index in [0.717, 1.165) is 18.5 Å². The molecule has 0 aliphatic carbocycles. The van der Waals surface area contributed by atoms with Crippen LogP contribution >= 0.6 is 11.6 Å². The number of ether oxygens (including phenoxy) is 1. The van der Waals surface area contributed by atoms with Gasteiger partial charge in [-0.05, 0) is 30.0 Å². The number of rotatable bonds is 7. The van der Waals surface area contributed by atoms with Crippen LogP contribution in [0.3, 0.4) is 0 Å². The van der Waals surface area contributed by atoms with Gasteiger partial charge in [0.15, 0.2) is 0 Å². The van der Waals surface area contributed by atoms with E-state index >= 15 is 0 Å². The normalized spacial score (nSPS) is 12.8. The standard InChI is InChI=1S/C14H22ClNO2/c1-10(2)13(6-7-17)16-9-11-4-5-14(18-3)12(15)8-11/h4-5,8,10,13,16-17H,6-7,9H2,1-3H3. The van der Waals surface area contributed by atoms with E-state index in [2.05, 4.69) is 19.2 Å². The fourth-order valence-corrected chi connectivity index (χ4v) is 2.16. The lowest BCUT2D eigenvalue weighted by Crippen LogP contribution is -2.34. The lowest BCUT2D eigenvalue weighted by atomic mass is 10.0. The average molecular weight is 272 g/mol. The highest BCUT2D eigenvalue weighted by atomic mass is 35.5. The summed E-state index contributed by atoms with van der Waals surface area (Å²) in [5.74, 6) is 1.18. The zero-order valence-electron chi connectivity index (χ0n) is 11.2. The Morgan fingerprint density at radius 1 is 1.39 bits per heavy atom. The number of aliphatic hydroxyl groups excluding tert-OH is 1. The first-order chi connectivity index (χ1) is 8.58. The van der Waals surface area contributed by atoms with E-state index in [4.69, 9.17) is 21.4 Å². The van der Waals surface area contributed by atoms with Gasteiger partial charge in [0.05, 0.1) is 12.1 Å². The van der Waals surface area contributed by atoms with Crippen molar-refractivity contribution in [3.8, 4) is 5.75 Å². The van der Waals surface area contributed by atoms with Crippen LogP contribution in [-0.2, 0) is 6.54 Å². The van der Waals surface area contributed by atoms with E-state index < -0.39 is 0 Å². The third-order valence-electron chi connectivity index (χ3n) is 3.03. The molecule has 1 atom stereocenters. The Bertz CT molecular complexity index is 369. The minimum atomic E-state index is 0.208. The maximum Gasteiger partial charge on any atom is 0.137 e. The van der Waals surface area contributed by atoms with Crippen LogP contribution in [0.1, 0.15) is 25.8 Å². The van der Waals surface area contributed by atoms with E-state index in [1.165, 1.54) is 0 Å². The third-order valence-corrected chi connectivity index (χ3v) is 3.32. The van der Waals surface area contributed by atoms with Crippen LogP contribution in [0.15, 0.2) is 18.2 Å². The number of hydrogen-bond donors (Lipinski definition) is 2. The molecule has 0 radical (unpaired) electrons. The monoisotopic (exact) mass is 271 g/mol. The molecule has 1 rings (SSSR count). The van der Waals surface area contributed by atoms with Gasteiger partial charge in [-0.15, -0.1) is 0 Å². The molecule has 0 fully saturated rings. The molecule has 4 heteroatoms. The van der Waals surface area contributed by atoms with Crippen LogP contribution in [0.2, 0.25) is 5.02 Å². The Kier molecular flexibility index (Phi) is 6.47. The lowest BCUT2D eigenvalue weighted by molar-refractivity contribution is 0.244. The summed E-state index contributed by atoms with van der Waals surface area (Å²) in [6.45, 7) is 5.24. The van der Waals surface area contributed by atoms with Gasteiger partial charge in [0, 0.05) is 19.2 Å². The molecule has 3 nitrogen and oxygen atoms in total. The van der Waals surface area contributed by atoms with E-state index in [1.54, 1.807) is 7.11 Å². The van der Waals surface area contributed by atoms with E-state index in [-0.39, 0.29) is 6.61 Å². The van der Waals surface area contributed by atoms with Crippen LogP contribution in [-0.4, -0.2) is 24.9 Å².